The van der Waals surface area contributed by atoms with Crippen LogP contribution < -0.4 is 5.69 Å². The number of imidazole rings is 1. The predicted octanol–water partition coefficient (Wildman–Crippen LogP) is 1.24. The molecule has 0 spiro atoms. The highest BCUT2D eigenvalue weighted by Gasteiger charge is 2.15. The number of ether oxygens (including phenoxy) is 1. The van der Waals surface area contributed by atoms with E-state index in [9.17, 15) is 4.79 Å². The molecule has 84 valence electrons. The molecule has 1 aromatic heterocycles. The lowest BCUT2D eigenvalue weighted by molar-refractivity contribution is 0.00538. The van der Waals surface area contributed by atoms with Crippen molar-refractivity contribution in [1.29, 1.82) is 0 Å². The topological polar surface area (TPSA) is 36.2 Å². The fourth-order valence-electron chi connectivity index (χ4n) is 2.00. The van der Waals surface area contributed by atoms with E-state index in [2.05, 4.69) is 0 Å². The molecule has 1 atom stereocenters. The largest absolute Gasteiger partial charge is 0.376 e. The zero-order valence-corrected chi connectivity index (χ0v) is 9.19. The number of rotatable bonds is 3. The van der Waals surface area contributed by atoms with Crippen LogP contribution in [-0.2, 0) is 17.8 Å². The Hall–Kier alpha value is -1.03. The summed E-state index contributed by atoms with van der Waals surface area (Å²) in [6, 6.07) is 0. The smallest absolute Gasteiger partial charge is 0.328 e. The van der Waals surface area contributed by atoms with Crippen LogP contribution in [-0.4, -0.2) is 21.8 Å². The van der Waals surface area contributed by atoms with Gasteiger partial charge in [-0.3, -0.25) is 9.13 Å². The van der Waals surface area contributed by atoms with E-state index in [0.29, 0.717) is 6.54 Å². The number of aromatic nitrogens is 2. The number of hydrogen-bond donors (Lipinski definition) is 0. The Morgan fingerprint density at radius 3 is 2.80 bits per heavy atom. The molecule has 1 saturated heterocycles. The highest BCUT2D eigenvalue weighted by molar-refractivity contribution is 4.82. The molecule has 0 saturated carbocycles. The normalized spacial score (nSPS) is 21.8. The first-order valence-corrected chi connectivity index (χ1v) is 5.68. The second kappa shape index (κ2) is 4.66. The van der Waals surface area contributed by atoms with Gasteiger partial charge in [0.15, 0.2) is 0 Å². The molecule has 0 aromatic carbocycles. The molecule has 4 nitrogen and oxygen atoms in total. The molecule has 2 heterocycles. The Morgan fingerprint density at radius 2 is 2.20 bits per heavy atom. The summed E-state index contributed by atoms with van der Waals surface area (Å²) >= 11 is 0. The van der Waals surface area contributed by atoms with Crippen molar-refractivity contribution in [3.63, 3.8) is 0 Å². The lowest BCUT2D eigenvalue weighted by Gasteiger charge is -2.22. The van der Waals surface area contributed by atoms with Gasteiger partial charge in [-0.2, -0.15) is 0 Å². The van der Waals surface area contributed by atoms with Crippen molar-refractivity contribution in [1.82, 2.24) is 9.13 Å². The molecule has 0 bridgehead atoms. The van der Waals surface area contributed by atoms with Crippen molar-refractivity contribution >= 4 is 0 Å². The summed E-state index contributed by atoms with van der Waals surface area (Å²) in [4.78, 5) is 11.7. The minimum Gasteiger partial charge on any atom is -0.376 e. The maximum Gasteiger partial charge on any atom is 0.328 e. The van der Waals surface area contributed by atoms with E-state index in [1.54, 1.807) is 9.13 Å². The van der Waals surface area contributed by atoms with E-state index in [1.165, 1.54) is 6.42 Å². The molecular weight excluding hydrogens is 192 g/mol. The number of hydrogen-bond acceptors (Lipinski definition) is 2. The van der Waals surface area contributed by atoms with Gasteiger partial charge in [-0.25, -0.2) is 4.79 Å². The first-order chi connectivity index (χ1) is 7.31. The summed E-state index contributed by atoms with van der Waals surface area (Å²) in [5, 5.41) is 0. The van der Waals surface area contributed by atoms with Crippen molar-refractivity contribution in [3.05, 3.63) is 22.9 Å². The van der Waals surface area contributed by atoms with Crippen molar-refractivity contribution < 1.29 is 4.74 Å². The van der Waals surface area contributed by atoms with Crippen molar-refractivity contribution in [3.8, 4) is 0 Å². The van der Waals surface area contributed by atoms with Crippen LogP contribution >= 0.6 is 0 Å². The summed E-state index contributed by atoms with van der Waals surface area (Å²) in [5.41, 5.74) is 0.0756. The Balaban J connectivity index is 2.03. The lowest BCUT2D eigenvalue weighted by atomic mass is 10.1. The Labute approximate surface area is 89.5 Å². The van der Waals surface area contributed by atoms with Gasteiger partial charge in [-0.05, 0) is 26.2 Å². The van der Waals surface area contributed by atoms with Gasteiger partial charge in [0.05, 0.1) is 12.6 Å². The summed E-state index contributed by atoms with van der Waals surface area (Å²) in [7, 11) is 0. The molecule has 0 N–H and O–H groups in total. The zero-order valence-electron chi connectivity index (χ0n) is 9.19. The third-order valence-electron chi connectivity index (χ3n) is 2.93. The molecule has 4 heteroatoms. The Morgan fingerprint density at radius 1 is 1.40 bits per heavy atom. The van der Waals surface area contributed by atoms with Crippen molar-refractivity contribution in [2.75, 3.05) is 6.61 Å². The van der Waals surface area contributed by atoms with Gasteiger partial charge >= 0.3 is 5.69 Å². The number of nitrogens with zero attached hydrogens (tertiary/aromatic N) is 2. The quantitative estimate of drug-likeness (QED) is 0.752. The summed E-state index contributed by atoms with van der Waals surface area (Å²) < 4.78 is 9.07. The van der Waals surface area contributed by atoms with E-state index in [1.807, 2.05) is 19.3 Å². The van der Waals surface area contributed by atoms with Crippen LogP contribution in [0.15, 0.2) is 17.2 Å². The lowest BCUT2D eigenvalue weighted by Crippen LogP contribution is -2.31. The minimum absolute atomic E-state index is 0.0756. The molecule has 1 aliphatic rings. The van der Waals surface area contributed by atoms with E-state index in [4.69, 9.17) is 4.74 Å². The van der Waals surface area contributed by atoms with Gasteiger partial charge < -0.3 is 4.74 Å². The molecule has 1 unspecified atom stereocenters. The molecule has 0 amide bonds. The SMILES string of the molecule is CCn1ccn(CC2CCCCO2)c1=O. The highest BCUT2D eigenvalue weighted by Crippen LogP contribution is 2.13. The fraction of sp³-hybridized carbons (Fsp3) is 0.727. The number of aryl methyl sites for hydroxylation is 1. The molecule has 1 fully saturated rings. The van der Waals surface area contributed by atoms with E-state index < -0.39 is 0 Å². The van der Waals surface area contributed by atoms with E-state index in [-0.39, 0.29) is 11.8 Å². The zero-order chi connectivity index (χ0) is 10.7. The summed E-state index contributed by atoms with van der Waals surface area (Å²) in [6.07, 6.45) is 7.36. The second-order valence-electron chi connectivity index (χ2n) is 4.01. The average Bonchev–Trinajstić information content (AvgIpc) is 2.62. The highest BCUT2D eigenvalue weighted by atomic mass is 16.5. The molecule has 1 aromatic rings. The van der Waals surface area contributed by atoms with E-state index >= 15 is 0 Å². The molecule has 15 heavy (non-hydrogen) atoms. The molecule has 0 aliphatic carbocycles. The van der Waals surface area contributed by atoms with Gasteiger partial charge in [0.1, 0.15) is 0 Å². The fourth-order valence-corrected chi connectivity index (χ4v) is 2.00. The van der Waals surface area contributed by atoms with Gasteiger partial charge in [-0.1, -0.05) is 0 Å². The molecule has 2 rings (SSSR count). The van der Waals surface area contributed by atoms with Gasteiger partial charge in [0, 0.05) is 25.5 Å². The standard InChI is InChI=1S/C11H18N2O2/c1-2-12-6-7-13(11(12)14)9-10-5-3-4-8-15-10/h6-7,10H,2-5,8-9H2,1H3. The average molecular weight is 210 g/mol. The van der Waals surface area contributed by atoms with Gasteiger partial charge in [-0.15, -0.1) is 0 Å². The summed E-state index contributed by atoms with van der Waals surface area (Å²) in [6.45, 7) is 4.25. The molecule has 1 aliphatic heterocycles. The minimum atomic E-state index is 0.0756. The second-order valence-corrected chi connectivity index (χ2v) is 4.01. The van der Waals surface area contributed by atoms with Crippen LogP contribution in [0.3, 0.4) is 0 Å². The van der Waals surface area contributed by atoms with Gasteiger partial charge in [0.2, 0.25) is 0 Å². The molecular formula is C11H18N2O2. The van der Waals surface area contributed by atoms with Crippen LogP contribution in [0.5, 0.6) is 0 Å². The third kappa shape index (κ3) is 2.31. The van der Waals surface area contributed by atoms with Crippen molar-refractivity contribution in [2.24, 2.45) is 0 Å². The van der Waals surface area contributed by atoms with Crippen molar-refractivity contribution in [2.45, 2.75) is 45.4 Å². The third-order valence-corrected chi connectivity index (χ3v) is 2.93. The van der Waals surface area contributed by atoms with Crippen LogP contribution in [0.25, 0.3) is 0 Å². The van der Waals surface area contributed by atoms with Gasteiger partial charge in [0.25, 0.3) is 0 Å². The maximum atomic E-state index is 11.7. The maximum absolute atomic E-state index is 11.7. The van der Waals surface area contributed by atoms with E-state index in [0.717, 1.165) is 26.0 Å². The molecule has 0 radical (unpaired) electrons. The first-order valence-electron chi connectivity index (χ1n) is 5.68. The monoisotopic (exact) mass is 210 g/mol. The van der Waals surface area contributed by atoms with Crippen LogP contribution in [0.1, 0.15) is 26.2 Å². The summed E-state index contributed by atoms with van der Waals surface area (Å²) in [5.74, 6) is 0. The Bertz CT molecular complexity index is 361. The van der Waals surface area contributed by atoms with Crippen LogP contribution in [0, 0.1) is 0 Å². The van der Waals surface area contributed by atoms with Crippen LogP contribution in [0.4, 0.5) is 0 Å². The predicted molar refractivity (Wildman–Crippen MR) is 58.0 cm³/mol. The first kappa shape index (κ1) is 10.5. The van der Waals surface area contributed by atoms with Crippen LogP contribution in [0.2, 0.25) is 0 Å². The Kier molecular flexibility index (Phi) is 3.26.